The highest BCUT2D eigenvalue weighted by atomic mass is 79.9. The van der Waals surface area contributed by atoms with Crippen molar-refractivity contribution >= 4 is 15.9 Å². The lowest BCUT2D eigenvalue weighted by molar-refractivity contribution is 0.281. The maximum Gasteiger partial charge on any atom is 0.113 e. The van der Waals surface area contributed by atoms with E-state index in [1.807, 2.05) is 12.1 Å². The van der Waals surface area contributed by atoms with E-state index in [0.717, 1.165) is 23.0 Å². The van der Waals surface area contributed by atoms with Crippen LogP contribution in [0.3, 0.4) is 0 Å². The zero-order valence-electron chi connectivity index (χ0n) is 7.13. The smallest absolute Gasteiger partial charge is 0.113 e. The van der Waals surface area contributed by atoms with Crippen LogP contribution in [0.1, 0.15) is 17.7 Å². The van der Waals surface area contributed by atoms with Crippen LogP contribution in [0.25, 0.3) is 0 Å². The predicted octanol–water partition coefficient (Wildman–Crippen LogP) is 1.71. The molecule has 0 unspecified atom stereocenters. The van der Waals surface area contributed by atoms with E-state index in [4.69, 9.17) is 5.11 Å². The molecule has 0 amide bonds. The van der Waals surface area contributed by atoms with Crippen LogP contribution < -0.4 is 0 Å². The van der Waals surface area contributed by atoms with E-state index in [2.05, 4.69) is 32.8 Å². The van der Waals surface area contributed by atoms with Gasteiger partial charge in [-0.05, 0) is 17.6 Å². The standard InChI is InChI=1S/C10H10BrNO/c11-6-2-1-3-10-5-4-9(8-13)7-12-10/h4-5,7,13H,2,6,8H2. The molecule has 0 radical (unpaired) electrons. The maximum atomic E-state index is 8.76. The molecule has 0 saturated heterocycles. The van der Waals surface area contributed by atoms with Crippen LogP contribution in [0.2, 0.25) is 0 Å². The van der Waals surface area contributed by atoms with Crippen molar-refractivity contribution < 1.29 is 5.11 Å². The fraction of sp³-hybridized carbons (Fsp3) is 0.300. The molecule has 68 valence electrons. The summed E-state index contributed by atoms with van der Waals surface area (Å²) in [6.07, 6.45) is 2.46. The van der Waals surface area contributed by atoms with Gasteiger partial charge in [-0.3, -0.25) is 0 Å². The molecule has 0 aliphatic carbocycles. The third-order valence-electron chi connectivity index (χ3n) is 1.44. The number of rotatable bonds is 2. The summed E-state index contributed by atoms with van der Waals surface area (Å²) in [4.78, 5) is 4.07. The Bertz CT molecular complexity index is 310. The summed E-state index contributed by atoms with van der Waals surface area (Å²) in [6.45, 7) is 0.0299. The predicted molar refractivity (Wildman–Crippen MR) is 55.4 cm³/mol. The number of nitrogens with zero attached hydrogens (tertiary/aromatic N) is 1. The lowest BCUT2D eigenvalue weighted by Crippen LogP contribution is -1.87. The van der Waals surface area contributed by atoms with Gasteiger partial charge < -0.3 is 5.11 Å². The van der Waals surface area contributed by atoms with Crippen molar-refractivity contribution in [3.05, 3.63) is 29.6 Å². The van der Waals surface area contributed by atoms with E-state index in [9.17, 15) is 0 Å². The molecule has 0 saturated carbocycles. The minimum Gasteiger partial charge on any atom is -0.392 e. The molecule has 0 spiro atoms. The topological polar surface area (TPSA) is 33.1 Å². The zero-order chi connectivity index (χ0) is 9.52. The quantitative estimate of drug-likeness (QED) is 0.630. The van der Waals surface area contributed by atoms with E-state index >= 15 is 0 Å². The summed E-state index contributed by atoms with van der Waals surface area (Å²) in [5.41, 5.74) is 1.56. The average molecular weight is 240 g/mol. The van der Waals surface area contributed by atoms with Gasteiger partial charge in [0.05, 0.1) is 6.61 Å². The van der Waals surface area contributed by atoms with Gasteiger partial charge in [0.15, 0.2) is 0 Å². The number of aliphatic hydroxyl groups excluding tert-OH is 1. The van der Waals surface area contributed by atoms with Gasteiger partial charge in [-0.2, -0.15) is 0 Å². The summed E-state index contributed by atoms with van der Waals surface area (Å²) in [6, 6.07) is 3.64. The van der Waals surface area contributed by atoms with Gasteiger partial charge in [0, 0.05) is 17.9 Å². The molecule has 1 N–H and O–H groups in total. The number of aliphatic hydroxyl groups is 1. The van der Waals surface area contributed by atoms with E-state index in [-0.39, 0.29) is 6.61 Å². The Balaban J connectivity index is 2.65. The monoisotopic (exact) mass is 239 g/mol. The molecule has 1 heterocycles. The number of aromatic nitrogens is 1. The van der Waals surface area contributed by atoms with Crippen molar-refractivity contribution in [2.24, 2.45) is 0 Å². The number of halogens is 1. The Hall–Kier alpha value is -0.850. The van der Waals surface area contributed by atoms with Gasteiger partial charge in [0.25, 0.3) is 0 Å². The fourth-order valence-corrected chi connectivity index (χ4v) is 0.991. The third kappa shape index (κ3) is 3.58. The van der Waals surface area contributed by atoms with Gasteiger partial charge in [-0.1, -0.05) is 27.9 Å². The van der Waals surface area contributed by atoms with E-state index in [0.29, 0.717) is 0 Å². The molecular formula is C10H10BrNO. The molecule has 1 rings (SSSR count). The second-order valence-corrected chi connectivity index (χ2v) is 3.24. The number of hydrogen-bond donors (Lipinski definition) is 1. The first-order valence-corrected chi connectivity index (χ1v) is 5.09. The summed E-state index contributed by atoms with van der Waals surface area (Å²) in [5, 5.41) is 9.64. The molecular weight excluding hydrogens is 230 g/mol. The average Bonchev–Trinajstić information content (AvgIpc) is 2.19. The van der Waals surface area contributed by atoms with Crippen molar-refractivity contribution in [2.75, 3.05) is 5.33 Å². The molecule has 0 aromatic carbocycles. The Kier molecular flexibility index (Phi) is 4.52. The third-order valence-corrected chi connectivity index (χ3v) is 1.84. The Morgan fingerprint density at radius 3 is 2.85 bits per heavy atom. The normalized spacial score (nSPS) is 9.08. The minimum atomic E-state index is 0.0299. The van der Waals surface area contributed by atoms with Crippen LogP contribution in [0.4, 0.5) is 0 Å². The number of hydrogen-bond acceptors (Lipinski definition) is 2. The molecule has 0 bridgehead atoms. The zero-order valence-corrected chi connectivity index (χ0v) is 8.71. The Morgan fingerprint density at radius 1 is 1.46 bits per heavy atom. The first-order chi connectivity index (χ1) is 6.36. The summed E-state index contributed by atoms with van der Waals surface area (Å²) in [5.74, 6) is 5.89. The lowest BCUT2D eigenvalue weighted by Gasteiger charge is -1.93. The lowest BCUT2D eigenvalue weighted by atomic mass is 10.2. The Labute approximate surface area is 86.1 Å². The van der Waals surface area contributed by atoms with E-state index < -0.39 is 0 Å². The fourth-order valence-electron chi connectivity index (χ4n) is 0.792. The Morgan fingerprint density at radius 2 is 2.31 bits per heavy atom. The summed E-state index contributed by atoms with van der Waals surface area (Å²) in [7, 11) is 0. The van der Waals surface area contributed by atoms with Crippen molar-refractivity contribution in [1.82, 2.24) is 4.98 Å². The largest absolute Gasteiger partial charge is 0.392 e. The van der Waals surface area contributed by atoms with Crippen molar-refractivity contribution in [3.63, 3.8) is 0 Å². The first kappa shape index (κ1) is 10.2. The molecule has 1 aromatic heterocycles. The maximum absolute atomic E-state index is 8.76. The van der Waals surface area contributed by atoms with Crippen LogP contribution in [-0.4, -0.2) is 15.4 Å². The molecule has 13 heavy (non-hydrogen) atoms. The van der Waals surface area contributed by atoms with Crippen LogP contribution in [0.15, 0.2) is 18.3 Å². The highest BCUT2D eigenvalue weighted by molar-refractivity contribution is 9.09. The van der Waals surface area contributed by atoms with Gasteiger partial charge in [-0.25, -0.2) is 4.98 Å². The molecule has 0 atom stereocenters. The molecule has 0 fully saturated rings. The van der Waals surface area contributed by atoms with Crippen molar-refractivity contribution in [2.45, 2.75) is 13.0 Å². The number of alkyl halides is 1. The van der Waals surface area contributed by atoms with Crippen LogP contribution >= 0.6 is 15.9 Å². The van der Waals surface area contributed by atoms with Gasteiger partial charge in [0.2, 0.25) is 0 Å². The van der Waals surface area contributed by atoms with Crippen molar-refractivity contribution in [3.8, 4) is 11.8 Å². The van der Waals surface area contributed by atoms with Gasteiger partial charge in [-0.15, -0.1) is 0 Å². The summed E-state index contributed by atoms with van der Waals surface area (Å²) >= 11 is 3.29. The second-order valence-electron chi connectivity index (χ2n) is 2.45. The van der Waals surface area contributed by atoms with Gasteiger partial charge >= 0.3 is 0 Å². The number of pyridine rings is 1. The molecule has 2 nitrogen and oxygen atoms in total. The van der Waals surface area contributed by atoms with Crippen LogP contribution in [-0.2, 0) is 6.61 Å². The first-order valence-electron chi connectivity index (χ1n) is 3.97. The SMILES string of the molecule is OCc1ccc(C#CCCBr)nc1. The summed E-state index contributed by atoms with van der Waals surface area (Å²) < 4.78 is 0. The molecule has 0 aliphatic rings. The second kappa shape index (κ2) is 5.74. The van der Waals surface area contributed by atoms with Crippen LogP contribution in [0.5, 0.6) is 0 Å². The van der Waals surface area contributed by atoms with Crippen molar-refractivity contribution in [1.29, 1.82) is 0 Å². The van der Waals surface area contributed by atoms with E-state index in [1.54, 1.807) is 6.20 Å². The molecule has 0 aliphatic heterocycles. The molecule has 3 heteroatoms. The van der Waals surface area contributed by atoms with Gasteiger partial charge in [0.1, 0.15) is 5.69 Å². The van der Waals surface area contributed by atoms with E-state index in [1.165, 1.54) is 0 Å². The molecule has 1 aromatic rings. The highest BCUT2D eigenvalue weighted by Crippen LogP contribution is 1.98. The minimum absolute atomic E-state index is 0.0299. The van der Waals surface area contributed by atoms with Crippen LogP contribution in [0, 0.1) is 11.8 Å². The highest BCUT2D eigenvalue weighted by Gasteiger charge is 1.90.